The molecule has 16 heavy (non-hydrogen) atoms. The zero-order valence-corrected chi connectivity index (χ0v) is 10.6. The van der Waals surface area contributed by atoms with Gasteiger partial charge >= 0.3 is 0 Å². The van der Waals surface area contributed by atoms with Gasteiger partial charge in [0.2, 0.25) is 0 Å². The van der Waals surface area contributed by atoms with Crippen LogP contribution in [0.3, 0.4) is 0 Å². The number of imidazole rings is 1. The lowest BCUT2D eigenvalue weighted by Crippen LogP contribution is -2.12. The Hall–Kier alpha value is -1.38. The molecule has 86 valence electrons. The van der Waals surface area contributed by atoms with E-state index in [1.807, 2.05) is 6.20 Å². The van der Waals surface area contributed by atoms with Gasteiger partial charge in [-0.2, -0.15) is 0 Å². The molecule has 0 aliphatic heterocycles. The fourth-order valence-corrected chi connectivity index (χ4v) is 1.62. The van der Waals surface area contributed by atoms with Crippen molar-refractivity contribution in [2.45, 2.75) is 46.0 Å². The van der Waals surface area contributed by atoms with E-state index in [9.17, 15) is 0 Å². The Morgan fingerprint density at radius 2 is 1.94 bits per heavy atom. The third-order valence-corrected chi connectivity index (χ3v) is 2.70. The number of aromatic nitrogens is 3. The highest BCUT2D eigenvalue weighted by Crippen LogP contribution is 2.23. The molecule has 0 saturated carbocycles. The van der Waals surface area contributed by atoms with Crippen LogP contribution in [0.2, 0.25) is 0 Å². The zero-order chi connectivity index (χ0) is 11.9. The van der Waals surface area contributed by atoms with Crippen LogP contribution in [0.25, 0.3) is 11.0 Å². The second kappa shape index (κ2) is 3.58. The van der Waals surface area contributed by atoms with Crippen molar-refractivity contribution in [1.29, 1.82) is 0 Å². The molecule has 2 rings (SSSR count). The van der Waals surface area contributed by atoms with Crippen molar-refractivity contribution in [3.05, 3.63) is 23.8 Å². The summed E-state index contributed by atoms with van der Waals surface area (Å²) in [7, 11) is 0. The van der Waals surface area contributed by atoms with Gasteiger partial charge in [-0.1, -0.05) is 34.6 Å². The molecule has 0 spiro atoms. The molecular formula is C13H19N3. The summed E-state index contributed by atoms with van der Waals surface area (Å²) >= 11 is 0. The SMILES string of the molecule is CC(C)c1nc2cnc(C(C)(C)C)cc2[nH]1. The average molecular weight is 217 g/mol. The quantitative estimate of drug-likeness (QED) is 0.795. The van der Waals surface area contributed by atoms with Crippen LogP contribution in [-0.2, 0) is 5.41 Å². The van der Waals surface area contributed by atoms with E-state index in [2.05, 4.69) is 55.6 Å². The minimum atomic E-state index is 0.0806. The van der Waals surface area contributed by atoms with Gasteiger partial charge in [-0.05, 0) is 6.07 Å². The minimum absolute atomic E-state index is 0.0806. The van der Waals surface area contributed by atoms with Gasteiger partial charge in [-0.3, -0.25) is 4.98 Å². The van der Waals surface area contributed by atoms with Crippen LogP contribution in [0.15, 0.2) is 12.3 Å². The van der Waals surface area contributed by atoms with Gasteiger partial charge in [-0.15, -0.1) is 0 Å². The summed E-state index contributed by atoms with van der Waals surface area (Å²) < 4.78 is 0. The highest BCUT2D eigenvalue weighted by atomic mass is 14.9. The van der Waals surface area contributed by atoms with E-state index in [-0.39, 0.29) is 5.41 Å². The summed E-state index contributed by atoms with van der Waals surface area (Å²) in [4.78, 5) is 12.3. The molecule has 0 atom stereocenters. The van der Waals surface area contributed by atoms with E-state index in [4.69, 9.17) is 0 Å². The molecule has 1 N–H and O–H groups in total. The number of hydrogen-bond acceptors (Lipinski definition) is 2. The fraction of sp³-hybridized carbons (Fsp3) is 0.538. The van der Waals surface area contributed by atoms with E-state index in [0.29, 0.717) is 5.92 Å². The maximum atomic E-state index is 4.52. The molecule has 0 fully saturated rings. The molecule has 2 aromatic rings. The van der Waals surface area contributed by atoms with Crippen LogP contribution in [0.1, 0.15) is 52.1 Å². The third-order valence-electron chi connectivity index (χ3n) is 2.70. The van der Waals surface area contributed by atoms with E-state index in [0.717, 1.165) is 22.6 Å². The lowest BCUT2D eigenvalue weighted by Gasteiger charge is -2.16. The van der Waals surface area contributed by atoms with Gasteiger partial charge in [0.15, 0.2) is 0 Å². The average Bonchev–Trinajstić information content (AvgIpc) is 2.58. The molecular weight excluding hydrogens is 198 g/mol. The predicted molar refractivity (Wildman–Crippen MR) is 66.7 cm³/mol. The standard InChI is InChI=1S/C13H19N3/c1-8(2)12-15-9-6-11(13(3,4)5)14-7-10(9)16-12/h6-8H,1-5H3,(H,15,16). The van der Waals surface area contributed by atoms with Crippen molar-refractivity contribution < 1.29 is 0 Å². The summed E-state index contributed by atoms with van der Waals surface area (Å²) in [6.07, 6.45) is 1.86. The van der Waals surface area contributed by atoms with Gasteiger partial charge in [0.05, 0.1) is 11.7 Å². The van der Waals surface area contributed by atoms with Crippen molar-refractivity contribution in [2.75, 3.05) is 0 Å². The maximum Gasteiger partial charge on any atom is 0.109 e. The molecule has 0 bridgehead atoms. The number of nitrogens with one attached hydrogen (secondary N) is 1. The first-order valence-corrected chi connectivity index (χ1v) is 5.74. The zero-order valence-electron chi connectivity index (χ0n) is 10.6. The second-order valence-corrected chi connectivity index (χ2v) is 5.61. The smallest absolute Gasteiger partial charge is 0.109 e. The van der Waals surface area contributed by atoms with E-state index in [1.54, 1.807) is 0 Å². The molecule has 0 saturated heterocycles. The third kappa shape index (κ3) is 1.94. The minimum Gasteiger partial charge on any atom is -0.342 e. The maximum absolute atomic E-state index is 4.52. The number of hydrogen-bond donors (Lipinski definition) is 1. The molecule has 0 unspecified atom stereocenters. The van der Waals surface area contributed by atoms with Crippen LogP contribution >= 0.6 is 0 Å². The van der Waals surface area contributed by atoms with Crippen molar-refractivity contribution in [3.8, 4) is 0 Å². The highest BCUT2D eigenvalue weighted by molar-refractivity contribution is 5.74. The Morgan fingerprint density at radius 3 is 2.50 bits per heavy atom. The summed E-state index contributed by atoms with van der Waals surface area (Å²) in [6, 6.07) is 2.11. The molecule has 0 aromatic carbocycles. The second-order valence-electron chi connectivity index (χ2n) is 5.61. The summed E-state index contributed by atoms with van der Waals surface area (Å²) in [5, 5.41) is 0. The number of H-pyrrole nitrogens is 1. The van der Waals surface area contributed by atoms with Crippen molar-refractivity contribution in [1.82, 2.24) is 15.0 Å². The molecule has 0 aliphatic carbocycles. The number of pyridine rings is 1. The Labute approximate surface area is 96.3 Å². The van der Waals surface area contributed by atoms with Gasteiger partial charge in [0.1, 0.15) is 11.3 Å². The first-order valence-electron chi connectivity index (χ1n) is 5.74. The Morgan fingerprint density at radius 1 is 1.25 bits per heavy atom. The highest BCUT2D eigenvalue weighted by Gasteiger charge is 2.16. The van der Waals surface area contributed by atoms with Crippen LogP contribution in [0, 0.1) is 0 Å². The number of rotatable bonds is 1. The van der Waals surface area contributed by atoms with Crippen molar-refractivity contribution in [3.63, 3.8) is 0 Å². The first kappa shape index (κ1) is 11.1. The molecule has 3 heteroatoms. The number of aromatic amines is 1. The van der Waals surface area contributed by atoms with Crippen LogP contribution in [-0.4, -0.2) is 15.0 Å². The Kier molecular flexibility index (Phi) is 2.49. The van der Waals surface area contributed by atoms with Crippen LogP contribution in [0.4, 0.5) is 0 Å². The summed E-state index contributed by atoms with van der Waals surface area (Å²) in [5.41, 5.74) is 3.22. The van der Waals surface area contributed by atoms with Crippen LogP contribution in [0.5, 0.6) is 0 Å². The molecule has 0 aliphatic rings. The molecule has 0 radical (unpaired) electrons. The summed E-state index contributed by atoms with van der Waals surface area (Å²) in [6.45, 7) is 10.8. The van der Waals surface area contributed by atoms with Crippen molar-refractivity contribution in [2.24, 2.45) is 0 Å². The normalized spacial score (nSPS) is 12.6. The lowest BCUT2D eigenvalue weighted by molar-refractivity contribution is 0.570. The molecule has 0 amide bonds. The summed E-state index contributed by atoms with van der Waals surface area (Å²) in [5.74, 6) is 1.45. The largest absolute Gasteiger partial charge is 0.342 e. The Balaban J connectivity index is 2.54. The molecule has 2 heterocycles. The van der Waals surface area contributed by atoms with Gasteiger partial charge < -0.3 is 4.98 Å². The number of fused-ring (bicyclic) bond motifs is 1. The predicted octanol–water partition coefficient (Wildman–Crippen LogP) is 3.38. The Bertz CT molecular complexity index is 503. The van der Waals surface area contributed by atoms with E-state index in [1.165, 1.54) is 0 Å². The molecule has 2 aromatic heterocycles. The first-order chi connectivity index (χ1) is 7.38. The van der Waals surface area contributed by atoms with Gasteiger partial charge in [0.25, 0.3) is 0 Å². The van der Waals surface area contributed by atoms with E-state index < -0.39 is 0 Å². The number of nitrogens with zero attached hydrogens (tertiary/aromatic N) is 2. The van der Waals surface area contributed by atoms with Crippen molar-refractivity contribution >= 4 is 11.0 Å². The van der Waals surface area contributed by atoms with Gasteiger partial charge in [0, 0.05) is 17.0 Å². The van der Waals surface area contributed by atoms with Crippen LogP contribution < -0.4 is 0 Å². The monoisotopic (exact) mass is 217 g/mol. The topological polar surface area (TPSA) is 41.6 Å². The molecule has 3 nitrogen and oxygen atoms in total. The van der Waals surface area contributed by atoms with E-state index >= 15 is 0 Å². The lowest BCUT2D eigenvalue weighted by atomic mass is 9.91. The fourth-order valence-electron chi connectivity index (χ4n) is 1.62. The van der Waals surface area contributed by atoms with Gasteiger partial charge in [-0.25, -0.2) is 4.98 Å².